The van der Waals surface area contributed by atoms with E-state index in [0.717, 1.165) is 24.8 Å². The Balaban J connectivity index is 3.08. The van der Waals surface area contributed by atoms with E-state index in [1.165, 1.54) is 0 Å². The Kier molecular flexibility index (Phi) is 13.8. The van der Waals surface area contributed by atoms with Gasteiger partial charge in [0.15, 0.2) is 5.60 Å². The van der Waals surface area contributed by atoms with Crippen molar-refractivity contribution in [3.8, 4) is 0 Å². The molecule has 0 fully saturated rings. The Morgan fingerprint density at radius 2 is 1.26 bits per heavy atom. The average Bonchev–Trinajstić information content (AvgIpc) is 2.79. The number of esters is 4. The molecule has 0 aliphatic rings. The number of hydrogen-bond donors (Lipinski definition) is 0. The van der Waals surface area contributed by atoms with Gasteiger partial charge in [0.1, 0.15) is 0 Å². The van der Waals surface area contributed by atoms with Gasteiger partial charge in [-0.2, -0.15) is 0 Å². The van der Waals surface area contributed by atoms with E-state index >= 15 is 0 Å². The van der Waals surface area contributed by atoms with E-state index in [0.29, 0.717) is 19.3 Å². The Hall–Kier alpha value is -2.74. The molecule has 8 nitrogen and oxygen atoms in total. The minimum Gasteiger partial charge on any atom is -0.466 e. The number of carbonyl (C=O) groups is 4. The molecule has 8 heteroatoms. The van der Waals surface area contributed by atoms with Crippen LogP contribution in [0.15, 0.2) is 24.3 Å². The van der Waals surface area contributed by atoms with Gasteiger partial charge in [0.2, 0.25) is 0 Å². The molecule has 0 aromatic heterocycles. The summed E-state index contributed by atoms with van der Waals surface area (Å²) in [5.74, 6) is -3.37. The summed E-state index contributed by atoms with van der Waals surface area (Å²) in [5, 5.41) is 0. The van der Waals surface area contributed by atoms with Crippen LogP contribution in [0.3, 0.4) is 0 Å². The Labute approximate surface area is 202 Å². The second-order valence-corrected chi connectivity index (χ2v) is 8.24. The third-order valence-corrected chi connectivity index (χ3v) is 5.09. The maximum Gasteiger partial charge on any atom is 0.345 e. The molecular formula is C26H38O8. The molecule has 1 rings (SSSR count). The smallest absolute Gasteiger partial charge is 0.345 e. The van der Waals surface area contributed by atoms with Crippen molar-refractivity contribution < 1.29 is 38.1 Å². The second-order valence-electron chi connectivity index (χ2n) is 8.24. The predicted octanol–water partition coefficient (Wildman–Crippen LogP) is 4.70. The van der Waals surface area contributed by atoms with Crippen molar-refractivity contribution in [1.82, 2.24) is 0 Å². The first kappa shape index (κ1) is 29.3. The van der Waals surface area contributed by atoms with Gasteiger partial charge in [0, 0.05) is 6.61 Å². The van der Waals surface area contributed by atoms with Gasteiger partial charge in [0.25, 0.3) is 0 Å². The predicted molar refractivity (Wildman–Crippen MR) is 126 cm³/mol. The first-order valence-corrected chi connectivity index (χ1v) is 12.1. The summed E-state index contributed by atoms with van der Waals surface area (Å²) in [4.78, 5) is 50.7. The summed E-state index contributed by atoms with van der Waals surface area (Å²) >= 11 is 0. The minimum atomic E-state index is -1.93. The van der Waals surface area contributed by atoms with Crippen LogP contribution in [-0.2, 0) is 33.3 Å². The summed E-state index contributed by atoms with van der Waals surface area (Å²) in [6.45, 7) is 8.15. The molecule has 0 saturated carbocycles. The van der Waals surface area contributed by atoms with Crippen molar-refractivity contribution in [3.63, 3.8) is 0 Å². The lowest BCUT2D eigenvalue weighted by atomic mass is 9.94. The highest BCUT2D eigenvalue weighted by Crippen LogP contribution is 2.26. The van der Waals surface area contributed by atoms with Crippen LogP contribution in [-0.4, -0.2) is 49.3 Å². The zero-order valence-corrected chi connectivity index (χ0v) is 20.9. The number of unbranched alkanes of at least 4 members (excludes halogenated alkanes) is 3. The third kappa shape index (κ3) is 10.5. The van der Waals surface area contributed by atoms with Crippen molar-refractivity contribution >= 4 is 23.9 Å². The Morgan fingerprint density at radius 1 is 0.735 bits per heavy atom. The highest BCUT2D eigenvalue weighted by molar-refractivity contribution is 5.99. The number of ether oxygens (including phenoxy) is 4. The van der Waals surface area contributed by atoms with Crippen LogP contribution in [0.5, 0.6) is 0 Å². The quantitative estimate of drug-likeness (QED) is 0.146. The van der Waals surface area contributed by atoms with Gasteiger partial charge >= 0.3 is 23.9 Å². The summed E-state index contributed by atoms with van der Waals surface area (Å²) in [7, 11) is 0. The van der Waals surface area contributed by atoms with Gasteiger partial charge in [-0.25, -0.2) is 9.59 Å². The molecular weight excluding hydrogens is 440 g/mol. The van der Waals surface area contributed by atoms with Crippen molar-refractivity contribution in [1.29, 1.82) is 0 Å². The largest absolute Gasteiger partial charge is 0.466 e. The van der Waals surface area contributed by atoms with Crippen molar-refractivity contribution in [2.24, 2.45) is 0 Å². The minimum absolute atomic E-state index is 0.121. The normalized spacial score (nSPS) is 12.5. The molecule has 0 spiro atoms. The topological polar surface area (TPSA) is 105 Å². The highest BCUT2D eigenvalue weighted by atomic mass is 16.6. The van der Waals surface area contributed by atoms with Gasteiger partial charge in [-0.1, -0.05) is 57.7 Å². The Bertz CT molecular complexity index is 786. The SMILES string of the molecule is CCCCOC(=O)CC(CC(=O)OC(=O)c1ccc(C)cc1)(OCCCC)C(=O)OCCCC. The van der Waals surface area contributed by atoms with Crippen LogP contribution in [0.2, 0.25) is 0 Å². The monoisotopic (exact) mass is 478 g/mol. The lowest BCUT2D eigenvalue weighted by Crippen LogP contribution is -2.48. The molecule has 34 heavy (non-hydrogen) atoms. The molecule has 0 radical (unpaired) electrons. The lowest BCUT2D eigenvalue weighted by Gasteiger charge is -2.30. The van der Waals surface area contributed by atoms with Gasteiger partial charge in [-0.3, -0.25) is 9.59 Å². The van der Waals surface area contributed by atoms with E-state index in [1.54, 1.807) is 24.3 Å². The molecule has 1 aromatic rings. The average molecular weight is 479 g/mol. The first-order chi connectivity index (χ1) is 16.3. The first-order valence-electron chi connectivity index (χ1n) is 12.1. The molecule has 0 N–H and O–H groups in total. The lowest BCUT2D eigenvalue weighted by molar-refractivity contribution is -0.185. The second kappa shape index (κ2) is 16.0. The van der Waals surface area contributed by atoms with Gasteiger partial charge in [-0.15, -0.1) is 0 Å². The van der Waals surface area contributed by atoms with Gasteiger partial charge in [-0.05, 0) is 38.3 Å². The molecule has 190 valence electrons. The molecule has 1 atom stereocenters. The maximum absolute atomic E-state index is 13.1. The molecule has 0 bridgehead atoms. The summed E-state index contributed by atoms with van der Waals surface area (Å²) in [6, 6.07) is 6.52. The van der Waals surface area contributed by atoms with Gasteiger partial charge < -0.3 is 18.9 Å². The van der Waals surface area contributed by atoms with E-state index < -0.39 is 42.3 Å². The fourth-order valence-electron chi connectivity index (χ4n) is 2.96. The third-order valence-electron chi connectivity index (χ3n) is 5.09. The van der Waals surface area contributed by atoms with Crippen LogP contribution in [0.1, 0.15) is 88.1 Å². The standard InChI is InChI=1S/C26H38O8/c1-5-8-15-31-22(27)18-26(33-17-10-7-3,25(30)32-16-9-6-2)19-23(28)34-24(29)21-13-11-20(4)12-14-21/h11-14H,5-10,15-19H2,1-4H3. The summed E-state index contributed by atoms with van der Waals surface area (Å²) in [5.41, 5.74) is -0.791. The van der Waals surface area contributed by atoms with Crippen LogP contribution in [0.4, 0.5) is 0 Å². The van der Waals surface area contributed by atoms with E-state index in [1.807, 2.05) is 27.7 Å². The van der Waals surface area contributed by atoms with Crippen LogP contribution in [0, 0.1) is 6.92 Å². The zero-order valence-electron chi connectivity index (χ0n) is 20.9. The number of benzene rings is 1. The van der Waals surface area contributed by atoms with E-state index in [4.69, 9.17) is 18.9 Å². The molecule has 0 aliphatic heterocycles. The van der Waals surface area contributed by atoms with Crippen LogP contribution in [0.25, 0.3) is 0 Å². The number of aryl methyl sites for hydroxylation is 1. The van der Waals surface area contributed by atoms with Crippen LogP contribution < -0.4 is 0 Å². The fraction of sp³-hybridized carbons (Fsp3) is 0.615. The molecule has 0 aliphatic carbocycles. The molecule has 0 heterocycles. The van der Waals surface area contributed by atoms with Gasteiger partial charge in [0.05, 0.1) is 31.6 Å². The van der Waals surface area contributed by atoms with E-state index in [-0.39, 0.29) is 25.4 Å². The summed E-state index contributed by atoms with van der Waals surface area (Å²) in [6.07, 6.45) is 3.13. The van der Waals surface area contributed by atoms with Crippen molar-refractivity contribution in [3.05, 3.63) is 35.4 Å². The Morgan fingerprint density at radius 3 is 1.85 bits per heavy atom. The molecule has 1 unspecified atom stereocenters. The summed E-state index contributed by atoms with van der Waals surface area (Å²) < 4.78 is 21.4. The van der Waals surface area contributed by atoms with E-state index in [2.05, 4.69) is 0 Å². The number of carbonyl (C=O) groups excluding carboxylic acids is 4. The van der Waals surface area contributed by atoms with Crippen molar-refractivity contribution in [2.45, 2.75) is 84.7 Å². The molecule has 1 aromatic carbocycles. The molecule has 0 amide bonds. The molecule has 0 saturated heterocycles. The number of rotatable bonds is 16. The van der Waals surface area contributed by atoms with Crippen molar-refractivity contribution in [2.75, 3.05) is 19.8 Å². The zero-order chi connectivity index (χ0) is 25.4. The maximum atomic E-state index is 13.1. The van der Waals surface area contributed by atoms with E-state index in [9.17, 15) is 19.2 Å². The number of hydrogen-bond acceptors (Lipinski definition) is 8. The highest BCUT2D eigenvalue weighted by Gasteiger charge is 2.47. The van der Waals surface area contributed by atoms with Crippen LogP contribution >= 0.6 is 0 Å². The fourth-order valence-corrected chi connectivity index (χ4v) is 2.96.